The summed E-state index contributed by atoms with van der Waals surface area (Å²) in [5, 5.41) is 0. The van der Waals surface area contributed by atoms with Crippen molar-refractivity contribution in [1.82, 2.24) is 0 Å². The summed E-state index contributed by atoms with van der Waals surface area (Å²) in [7, 11) is 0. The fourth-order valence-electron chi connectivity index (χ4n) is 5.94. The number of allylic oxidation sites excluding steroid dienone is 1. The van der Waals surface area contributed by atoms with Crippen molar-refractivity contribution in [1.29, 1.82) is 0 Å². The van der Waals surface area contributed by atoms with E-state index < -0.39 is 16.8 Å². The van der Waals surface area contributed by atoms with Crippen LogP contribution in [0, 0.1) is 34.5 Å². The van der Waals surface area contributed by atoms with Gasteiger partial charge in [-0.2, -0.15) is 0 Å². The third-order valence-electron chi connectivity index (χ3n) is 8.46. The molecule has 2 fully saturated rings. The Bertz CT molecular complexity index is 831. The molecule has 6 nitrogen and oxygen atoms in total. The predicted molar refractivity (Wildman–Crippen MR) is 151 cm³/mol. The van der Waals surface area contributed by atoms with E-state index in [0.717, 1.165) is 19.3 Å². The maximum absolute atomic E-state index is 12.9. The normalized spacial score (nSPS) is 29.9. The minimum absolute atomic E-state index is 0.0653. The molecule has 0 aromatic heterocycles. The lowest BCUT2D eigenvalue weighted by molar-refractivity contribution is -0.290. The van der Waals surface area contributed by atoms with Gasteiger partial charge in [-0.1, -0.05) is 46.8 Å². The third-order valence-corrected chi connectivity index (χ3v) is 8.46. The van der Waals surface area contributed by atoms with E-state index in [4.69, 9.17) is 18.9 Å². The molecule has 220 valence electrons. The molecule has 0 unspecified atom stereocenters. The molecule has 1 aliphatic carbocycles. The Labute approximate surface area is 232 Å². The van der Waals surface area contributed by atoms with E-state index in [1.54, 1.807) is 0 Å². The van der Waals surface area contributed by atoms with Gasteiger partial charge in [0, 0.05) is 12.3 Å². The number of hydrogen-bond donors (Lipinski definition) is 0. The summed E-state index contributed by atoms with van der Waals surface area (Å²) in [5.41, 5.74) is -0.940. The Morgan fingerprint density at radius 2 is 1.66 bits per heavy atom. The largest absolute Gasteiger partial charge is 0.465 e. The average molecular weight is 537 g/mol. The van der Waals surface area contributed by atoms with E-state index in [1.807, 2.05) is 55.4 Å². The van der Waals surface area contributed by atoms with E-state index in [0.29, 0.717) is 24.9 Å². The molecule has 0 N–H and O–H groups in total. The van der Waals surface area contributed by atoms with Crippen molar-refractivity contribution >= 4 is 11.9 Å². The molecule has 0 amide bonds. The molecular formula is C32H56O6. The van der Waals surface area contributed by atoms with E-state index in [2.05, 4.69) is 39.8 Å². The Morgan fingerprint density at radius 3 is 2.21 bits per heavy atom. The standard InChI is InChI=1S/C32H56O6/c1-13-30(7,8)28(34)35-20-25-24(21(2)3)16-17-31(9,10)26(25)15-14-22-18-23(37-32(11,12)36-22)19-27(33)38-29(4,5)6/h14-15,21-26H,13,16-20H2,1-12H3/b15-14+/t22-,23-,24+,25+,26-/m1/s1. The molecule has 0 radical (unpaired) electrons. The van der Waals surface area contributed by atoms with E-state index in [-0.39, 0.29) is 47.8 Å². The number of carbonyl (C=O) groups is 2. The van der Waals surface area contributed by atoms with Crippen LogP contribution in [0.15, 0.2) is 12.2 Å². The molecule has 1 saturated carbocycles. The molecular weight excluding hydrogens is 480 g/mol. The molecule has 5 atom stereocenters. The van der Waals surface area contributed by atoms with Crippen LogP contribution in [0.5, 0.6) is 0 Å². The zero-order chi connectivity index (χ0) is 29.1. The minimum atomic E-state index is -0.802. The van der Waals surface area contributed by atoms with Gasteiger partial charge in [-0.05, 0) is 90.9 Å². The highest BCUT2D eigenvalue weighted by Gasteiger charge is 2.45. The highest BCUT2D eigenvalue weighted by molar-refractivity contribution is 5.75. The van der Waals surface area contributed by atoms with Crippen molar-refractivity contribution in [2.75, 3.05) is 6.61 Å². The average Bonchev–Trinajstić information content (AvgIpc) is 2.73. The van der Waals surface area contributed by atoms with Crippen molar-refractivity contribution in [3.05, 3.63) is 12.2 Å². The quantitative estimate of drug-likeness (QED) is 0.225. The molecule has 0 aromatic carbocycles. The number of ether oxygens (including phenoxy) is 4. The van der Waals surface area contributed by atoms with E-state index >= 15 is 0 Å². The van der Waals surface area contributed by atoms with Gasteiger partial charge in [0.05, 0.1) is 30.7 Å². The van der Waals surface area contributed by atoms with Gasteiger partial charge in [0.2, 0.25) is 0 Å². The lowest BCUT2D eigenvalue weighted by atomic mass is 9.57. The summed E-state index contributed by atoms with van der Waals surface area (Å²) in [4.78, 5) is 25.4. The second kappa shape index (κ2) is 12.4. The molecule has 2 aliphatic rings. The highest BCUT2D eigenvalue weighted by atomic mass is 16.7. The topological polar surface area (TPSA) is 71.1 Å². The van der Waals surface area contributed by atoms with Crippen LogP contribution < -0.4 is 0 Å². The van der Waals surface area contributed by atoms with Crippen LogP contribution in [0.1, 0.15) is 115 Å². The van der Waals surface area contributed by atoms with Crippen molar-refractivity contribution < 1.29 is 28.5 Å². The lowest BCUT2D eigenvalue weighted by Crippen LogP contribution is -2.46. The third kappa shape index (κ3) is 9.36. The van der Waals surface area contributed by atoms with Crippen LogP contribution in [0.25, 0.3) is 0 Å². The first kappa shape index (κ1) is 32.8. The van der Waals surface area contributed by atoms with Crippen molar-refractivity contribution in [3.8, 4) is 0 Å². The van der Waals surface area contributed by atoms with Crippen LogP contribution in [0.2, 0.25) is 0 Å². The van der Waals surface area contributed by atoms with Crippen LogP contribution >= 0.6 is 0 Å². The van der Waals surface area contributed by atoms with Gasteiger partial charge in [-0.3, -0.25) is 9.59 Å². The number of esters is 2. The number of rotatable bonds is 9. The van der Waals surface area contributed by atoms with E-state index in [1.165, 1.54) is 0 Å². The summed E-state index contributed by atoms with van der Waals surface area (Å²) in [6.45, 7) is 25.0. The maximum Gasteiger partial charge on any atom is 0.311 e. The fourth-order valence-corrected chi connectivity index (χ4v) is 5.94. The van der Waals surface area contributed by atoms with Crippen LogP contribution in [-0.2, 0) is 28.5 Å². The van der Waals surface area contributed by atoms with Crippen LogP contribution in [0.3, 0.4) is 0 Å². The van der Waals surface area contributed by atoms with Crippen molar-refractivity contribution in [2.45, 2.75) is 139 Å². The smallest absolute Gasteiger partial charge is 0.311 e. The van der Waals surface area contributed by atoms with Gasteiger partial charge < -0.3 is 18.9 Å². The Balaban J connectivity index is 2.24. The molecule has 0 aromatic rings. The predicted octanol–water partition coefficient (Wildman–Crippen LogP) is 7.49. The van der Waals surface area contributed by atoms with Crippen molar-refractivity contribution in [2.24, 2.45) is 34.5 Å². The summed E-state index contributed by atoms with van der Waals surface area (Å²) in [6.07, 6.45) is 7.79. The molecule has 0 bridgehead atoms. The summed E-state index contributed by atoms with van der Waals surface area (Å²) in [5.74, 6) is 0.269. The summed E-state index contributed by atoms with van der Waals surface area (Å²) >= 11 is 0. The SMILES string of the molecule is CCC(C)(C)C(=O)OC[C@@H]1[C@@H](/C=C/[C@@H]2C[C@H](CC(=O)OC(C)(C)C)OC(C)(C)O2)C(C)(C)CC[C@H]1C(C)C. The first-order valence-electron chi connectivity index (χ1n) is 14.7. The molecule has 0 spiro atoms. The minimum Gasteiger partial charge on any atom is -0.465 e. The van der Waals surface area contributed by atoms with Gasteiger partial charge in [-0.15, -0.1) is 0 Å². The number of carbonyl (C=O) groups excluding carboxylic acids is 2. The van der Waals surface area contributed by atoms with Gasteiger partial charge in [-0.25, -0.2) is 0 Å². The molecule has 1 saturated heterocycles. The Kier molecular flexibility index (Phi) is 10.7. The van der Waals surface area contributed by atoms with Crippen LogP contribution in [-0.4, -0.2) is 42.1 Å². The van der Waals surface area contributed by atoms with Crippen molar-refractivity contribution in [3.63, 3.8) is 0 Å². The molecule has 2 rings (SSSR count). The monoisotopic (exact) mass is 536 g/mol. The second-order valence-electron chi connectivity index (χ2n) is 14.7. The zero-order valence-corrected chi connectivity index (χ0v) is 26.3. The second-order valence-corrected chi connectivity index (χ2v) is 14.7. The molecule has 38 heavy (non-hydrogen) atoms. The van der Waals surface area contributed by atoms with E-state index in [9.17, 15) is 9.59 Å². The number of hydrogen-bond acceptors (Lipinski definition) is 6. The van der Waals surface area contributed by atoms with Crippen LogP contribution in [0.4, 0.5) is 0 Å². The summed E-state index contributed by atoms with van der Waals surface area (Å²) < 4.78 is 23.9. The first-order valence-corrected chi connectivity index (χ1v) is 14.7. The molecule has 1 heterocycles. The van der Waals surface area contributed by atoms with Gasteiger partial charge in [0.1, 0.15) is 5.60 Å². The molecule has 6 heteroatoms. The lowest BCUT2D eigenvalue weighted by Gasteiger charge is -2.48. The first-order chi connectivity index (χ1) is 17.3. The fraction of sp³-hybridized carbons (Fsp3) is 0.875. The van der Waals surface area contributed by atoms with Gasteiger partial charge in [0.15, 0.2) is 5.79 Å². The highest BCUT2D eigenvalue weighted by Crippen LogP contribution is 2.50. The maximum atomic E-state index is 12.9. The summed E-state index contributed by atoms with van der Waals surface area (Å²) in [6, 6.07) is 0. The zero-order valence-electron chi connectivity index (χ0n) is 26.3. The van der Waals surface area contributed by atoms with Gasteiger partial charge in [0.25, 0.3) is 0 Å². The molecule has 1 aliphatic heterocycles. The van der Waals surface area contributed by atoms with Gasteiger partial charge >= 0.3 is 11.9 Å². The Morgan fingerprint density at radius 1 is 1.03 bits per heavy atom. The Hall–Kier alpha value is -1.40.